The van der Waals surface area contributed by atoms with Crippen LogP contribution in [0.15, 0.2) is 259 Å². The molecule has 0 unspecified atom stereocenters. The molecular weight excluding hydrogens is 1050 g/mol. The van der Waals surface area contributed by atoms with Gasteiger partial charge < -0.3 is 4.57 Å². The molecule has 1 heterocycles. The number of benzene rings is 14. The van der Waals surface area contributed by atoms with Gasteiger partial charge in [-0.2, -0.15) is 0 Å². The normalized spacial score (nSPS) is 13.7. The van der Waals surface area contributed by atoms with Crippen LogP contribution >= 0.6 is 15.9 Å². The Morgan fingerprint density at radius 2 is 0.695 bits per heavy atom. The molecule has 1 aromatic heterocycles. The molecule has 0 atom stereocenters. The first kappa shape index (κ1) is 50.0. The summed E-state index contributed by atoms with van der Waals surface area (Å²) in [5, 5.41) is 18.4. The molecule has 387 valence electrons. The minimum atomic E-state index is -0.0418. The summed E-state index contributed by atoms with van der Waals surface area (Å²) in [4.78, 5) is 0. The van der Waals surface area contributed by atoms with E-state index in [1.165, 1.54) is 159 Å². The number of nitrogens with zero attached hydrogens (tertiary/aromatic N) is 1. The Hall–Kier alpha value is -9.02. The topological polar surface area (TPSA) is 4.93 Å². The van der Waals surface area contributed by atoms with Gasteiger partial charge in [0.25, 0.3) is 0 Å². The maximum absolute atomic E-state index is 3.58. The Morgan fingerprint density at radius 3 is 1.26 bits per heavy atom. The van der Waals surface area contributed by atoms with Crippen LogP contribution < -0.4 is 0 Å². The highest BCUT2D eigenvalue weighted by molar-refractivity contribution is 9.10. The fourth-order valence-corrected chi connectivity index (χ4v) is 15.0. The Kier molecular flexibility index (Phi) is 11.4. The average Bonchev–Trinajstić information content (AvgIpc) is 2.96. The molecule has 15 aromatic rings. The Morgan fingerprint density at radius 1 is 0.280 bits per heavy atom. The first-order chi connectivity index (χ1) is 39.6. The summed E-state index contributed by atoms with van der Waals surface area (Å²) < 4.78 is 3.60. The van der Waals surface area contributed by atoms with Gasteiger partial charge in [-0.1, -0.05) is 250 Å². The molecule has 14 aromatic carbocycles. The van der Waals surface area contributed by atoms with Gasteiger partial charge in [0.05, 0.1) is 11.0 Å². The van der Waals surface area contributed by atoms with E-state index in [1.54, 1.807) is 0 Å². The summed E-state index contributed by atoms with van der Waals surface area (Å²) in [6, 6.07) is 93.8. The minimum absolute atomic E-state index is 0. The number of aromatic nitrogens is 1. The lowest BCUT2D eigenvalue weighted by Gasteiger charge is -2.22. The number of hydrogen-bond donors (Lipinski definition) is 0. The lowest BCUT2D eigenvalue weighted by Crippen LogP contribution is -2.15. The third kappa shape index (κ3) is 7.38. The van der Waals surface area contributed by atoms with Crippen molar-refractivity contribution in [2.75, 3.05) is 0 Å². The van der Waals surface area contributed by atoms with Gasteiger partial charge in [-0.25, -0.2) is 0 Å². The molecule has 3 heteroatoms. The van der Waals surface area contributed by atoms with Crippen LogP contribution in [0.2, 0.25) is 0 Å². The highest BCUT2D eigenvalue weighted by Crippen LogP contribution is 2.53. The van der Waals surface area contributed by atoms with Gasteiger partial charge >= 0.3 is 0 Å². The molecule has 82 heavy (non-hydrogen) atoms. The van der Waals surface area contributed by atoms with Crippen LogP contribution in [0.1, 0.15) is 61.1 Å². The maximum atomic E-state index is 3.58. The number of fused-ring (bicyclic) bond motifs is 24. The van der Waals surface area contributed by atoms with E-state index in [-0.39, 0.29) is 19.2 Å². The second-order valence-electron chi connectivity index (χ2n) is 23.6. The van der Waals surface area contributed by atoms with E-state index in [0.717, 1.165) is 10.9 Å². The molecule has 0 bridgehead atoms. The van der Waals surface area contributed by atoms with Crippen molar-refractivity contribution >= 4 is 111 Å². The molecule has 0 spiro atoms. The number of halogens is 1. The predicted octanol–water partition coefficient (Wildman–Crippen LogP) is 21.6. The summed E-state index contributed by atoms with van der Waals surface area (Å²) in [6.07, 6.45) is 1.07. The summed E-state index contributed by atoms with van der Waals surface area (Å²) in [5.41, 5.74) is 20.9. The molecule has 3 aliphatic rings. The fraction of sp³-hybridized carbons (Fsp3) is 0.0886. The third-order valence-electron chi connectivity index (χ3n) is 18.6. The Bertz CT molecular complexity index is 5100. The van der Waals surface area contributed by atoms with Crippen LogP contribution in [0.3, 0.4) is 0 Å². The molecule has 0 aliphatic heterocycles. The second-order valence-corrected chi connectivity index (χ2v) is 24.5. The van der Waals surface area contributed by atoms with Gasteiger partial charge in [-0.15, -0.1) is 0 Å². The van der Waals surface area contributed by atoms with Crippen LogP contribution in [-0.4, -0.2) is 13.0 Å². The molecule has 3 radical (unpaired) electrons. The monoisotopic (exact) mass is 1110 g/mol. The van der Waals surface area contributed by atoms with Gasteiger partial charge in [0, 0.05) is 40.2 Å². The molecule has 0 amide bonds. The number of para-hydroxylation sites is 1. The van der Waals surface area contributed by atoms with E-state index in [2.05, 4.69) is 303 Å². The van der Waals surface area contributed by atoms with Crippen molar-refractivity contribution in [2.45, 2.75) is 44.9 Å². The average molecular weight is 1110 g/mol. The van der Waals surface area contributed by atoms with Crippen molar-refractivity contribution in [1.82, 2.24) is 4.57 Å². The standard InChI is InChI=1S/C39H27N.C22H18.C18H11Br.B/c1-39(2)35-17-9-7-15-30(35)33-22-34-31-16-8-10-18-37(31)40(38(34)23-36(33)39)24-19-20-29-27-13-4-3-11-25(27)26-12-5-6-14-28(26)32(29)21-24;1-22(2)20-10-6-5-9-17(20)19-13-18-15(12-21(19)22)11-14-7-3-4-8-16(14)18;19-12-9-10-17-15-7-2-1-5-13(15)14-6-3-4-8-16(14)18(17)11-12;/h3-23H,1-2H3;3-10,12-13H,11H2,1-2H3;1-11H;. The van der Waals surface area contributed by atoms with Crippen LogP contribution in [-0.2, 0) is 17.3 Å². The highest BCUT2D eigenvalue weighted by Gasteiger charge is 2.38. The zero-order chi connectivity index (χ0) is 54.3. The van der Waals surface area contributed by atoms with Crippen molar-refractivity contribution in [3.05, 3.63) is 293 Å². The quantitative estimate of drug-likeness (QED) is 0.114. The van der Waals surface area contributed by atoms with E-state index in [0.29, 0.717) is 0 Å². The maximum Gasteiger partial charge on any atom is 0.0544 e. The Balaban J connectivity index is 0.000000116. The summed E-state index contributed by atoms with van der Waals surface area (Å²) in [7, 11) is 0. The second kappa shape index (κ2) is 18.8. The predicted molar refractivity (Wildman–Crippen MR) is 356 cm³/mol. The molecular formula is C79H56BBrN. The fourth-order valence-electron chi connectivity index (χ4n) is 14.7. The van der Waals surface area contributed by atoms with E-state index < -0.39 is 0 Å². The van der Waals surface area contributed by atoms with Crippen molar-refractivity contribution in [1.29, 1.82) is 0 Å². The molecule has 0 saturated heterocycles. The lowest BCUT2D eigenvalue weighted by molar-refractivity contribution is 0.659. The number of hydrogen-bond acceptors (Lipinski definition) is 0. The lowest BCUT2D eigenvalue weighted by atomic mass is 9.81. The minimum Gasteiger partial charge on any atom is -0.309 e. The van der Waals surface area contributed by atoms with Crippen LogP contribution in [0.5, 0.6) is 0 Å². The molecule has 0 saturated carbocycles. The SMILES string of the molecule is Brc1ccc2c3ccccc3c3ccccc3c2c1.CC1(C)c2ccccc2-c2cc3c(cc21)Cc1ccccc1-3.CC1(C)c2ccccc2-c2cc3c4ccccc4n(-c4ccc5c6ccccc6c6ccccc6c5c4)c3cc21.[B]. The Labute approximate surface area is 488 Å². The van der Waals surface area contributed by atoms with E-state index in [1.807, 2.05) is 0 Å². The first-order valence-electron chi connectivity index (χ1n) is 28.5. The van der Waals surface area contributed by atoms with E-state index >= 15 is 0 Å². The summed E-state index contributed by atoms with van der Waals surface area (Å²) in [6.45, 7) is 9.44. The molecule has 0 N–H and O–H groups in total. The van der Waals surface area contributed by atoms with Gasteiger partial charge in [-0.3, -0.25) is 0 Å². The third-order valence-corrected chi connectivity index (χ3v) is 19.1. The smallest absolute Gasteiger partial charge is 0.0544 e. The van der Waals surface area contributed by atoms with Crippen molar-refractivity contribution in [2.24, 2.45) is 0 Å². The zero-order valence-corrected chi connectivity index (χ0v) is 47.9. The number of rotatable bonds is 1. The summed E-state index contributed by atoms with van der Waals surface area (Å²) >= 11 is 3.58. The molecule has 1 nitrogen and oxygen atoms in total. The summed E-state index contributed by atoms with van der Waals surface area (Å²) in [5.74, 6) is 0. The molecule has 18 rings (SSSR count). The van der Waals surface area contributed by atoms with E-state index in [4.69, 9.17) is 0 Å². The van der Waals surface area contributed by atoms with Crippen molar-refractivity contribution in [3.63, 3.8) is 0 Å². The molecule has 3 aliphatic carbocycles. The largest absolute Gasteiger partial charge is 0.309 e. The van der Waals surface area contributed by atoms with Gasteiger partial charge in [0.1, 0.15) is 0 Å². The first-order valence-corrected chi connectivity index (χ1v) is 29.3. The highest BCUT2D eigenvalue weighted by atomic mass is 79.9. The van der Waals surface area contributed by atoms with Crippen LogP contribution in [0.4, 0.5) is 0 Å². The van der Waals surface area contributed by atoms with Crippen molar-refractivity contribution in [3.8, 4) is 39.1 Å². The van der Waals surface area contributed by atoms with Crippen molar-refractivity contribution < 1.29 is 0 Å². The van der Waals surface area contributed by atoms with Gasteiger partial charge in [0.15, 0.2) is 0 Å². The van der Waals surface area contributed by atoms with E-state index in [9.17, 15) is 0 Å². The van der Waals surface area contributed by atoms with Crippen LogP contribution in [0.25, 0.3) is 126 Å². The van der Waals surface area contributed by atoms with Crippen LogP contribution in [0, 0.1) is 0 Å². The van der Waals surface area contributed by atoms with Gasteiger partial charge in [-0.05, 0) is 186 Å². The van der Waals surface area contributed by atoms with Gasteiger partial charge in [0.2, 0.25) is 0 Å². The molecule has 0 fully saturated rings. The zero-order valence-electron chi connectivity index (χ0n) is 46.4.